The topological polar surface area (TPSA) is 90.0 Å². The van der Waals surface area contributed by atoms with Crippen molar-refractivity contribution in [2.45, 2.75) is 19.8 Å². The number of hydrogen-bond donors (Lipinski definition) is 0. The van der Waals surface area contributed by atoms with Crippen molar-refractivity contribution in [3.8, 4) is 0 Å². The highest BCUT2D eigenvalue weighted by molar-refractivity contribution is 7.89. The summed E-state index contributed by atoms with van der Waals surface area (Å²) in [7, 11) is 0.417. The monoisotopic (exact) mass is 295 g/mol. The molecule has 1 atom stereocenters. The van der Waals surface area contributed by atoms with E-state index in [0.717, 1.165) is 4.31 Å². The van der Waals surface area contributed by atoms with Gasteiger partial charge in [-0.15, -0.1) is 0 Å². The SMILES string of the molecule is COC(=O)CCCS(=O)(=O)N(C)CC(C)C(=O)OC. The van der Waals surface area contributed by atoms with Crippen LogP contribution in [0.3, 0.4) is 0 Å². The van der Waals surface area contributed by atoms with Gasteiger partial charge in [0.25, 0.3) is 0 Å². The van der Waals surface area contributed by atoms with Crippen molar-refractivity contribution in [2.24, 2.45) is 5.92 Å². The predicted molar refractivity (Wildman–Crippen MR) is 68.8 cm³/mol. The first-order chi connectivity index (χ1) is 8.74. The molecule has 0 aliphatic carbocycles. The molecule has 0 spiro atoms. The second-order valence-corrected chi connectivity index (χ2v) is 6.40. The molecule has 112 valence electrons. The second-order valence-electron chi connectivity index (χ2n) is 4.20. The average Bonchev–Trinajstić information content (AvgIpc) is 2.36. The lowest BCUT2D eigenvalue weighted by atomic mass is 10.2. The summed E-state index contributed by atoms with van der Waals surface area (Å²) in [6.07, 6.45) is 0.238. The molecule has 0 saturated heterocycles. The van der Waals surface area contributed by atoms with Gasteiger partial charge in [0, 0.05) is 20.0 Å². The van der Waals surface area contributed by atoms with Crippen molar-refractivity contribution in [1.29, 1.82) is 0 Å². The van der Waals surface area contributed by atoms with Crippen LogP contribution >= 0.6 is 0 Å². The van der Waals surface area contributed by atoms with Gasteiger partial charge in [-0.3, -0.25) is 9.59 Å². The van der Waals surface area contributed by atoms with Crippen molar-refractivity contribution in [2.75, 3.05) is 33.6 Å². The minimum atomic E-state index is -3.48. The molecule has 0 rings (SSSR count). The second kappa shape index (κ2) is 8.11. The van der Waals surface area contributed by atoms with E-state index in [1.54, 1.807) is 6.92 Å². The van der Waals surface area contributed by atoms with Crippen LogP contribution in [-0.4, -0.2) is 58.2 Å². The third-order valence-electron chi connectivity index (χ3n) is 2.62. The summed E-state index contributed by atoms with van der Waals surface area (Å²) < 4.78 is 33.8. The van der Waals surface area contributed by atoms with Crippen molar-refractivity contribution in [3.05, 3.63) is 0 Å². The van der Waals surface area contributed by atoms with Gasteiger partial charge in [0.2, 0.25) is 10.0 Å². The molecule has 0 N–H and O–H groups in total. The van der Waals surface area contributed by atoms with E-state index in [2.05, 4.69) is 9.47 Å². The summed E-state index contributed by atoms with van der Waals surface area (Å²) in [5.41, 5.74) is 0. The smallest absolute Gasteiger partial charge is 0.309 e. The van der Waals surface area contributed by atoms with Gasteiger partial charge in [-0.1, -0.05) is 6.92 Å². The van der Waals surface area contributed by atoms with E-state index in [1.807, 2.05) is 0 Å². The molecule has 0 fully saturated rings. The highest BCUT2D eigenvalue weighted by Gasteiger charge is 2.23. The number of rotatable bonds is 8. The summed E-state index contributed by atoms with van der Waals surface area (Å²) in [5, 5.41) is 0. The lowest BCUT2D eigenvalue weighted by Crippen LogP contribution is -2.35. The first-order valence-electron chi connectivity index (χ1n) is 5.83. The van der Waals surface area contributed by atoms with Gasteiger partial charge >= 0.3 is 11.9 Å². The average molecular weight is 295 g/mol. The van der Waals surface area contributed by atoms with E-state index >= 15 is 0 Å². The number of nitrogens with zero attached hydrogens (tertiary/aromatic N) is 1. The Morgan fingerprint density at radius 1 is 1.21 bits per heavy atom. The molecule has 7 nitrogen and oxygen atoms in total. The summed E-state index contributed by atoms with van der Waals surface area (Å²) in [5.74, 6) is -1.60. The van der Waals surface area contributed by atoms with E-state index < -0.39 is 27.9 Å². The van der Waals surface area contributed by atoms with Gasteiger partial charge in [0.15, 0.2) is 0 Å². The molecule has 19 heavy (non-hydrogen) atoms. The van der Waals surface area contributed by atoms with Crippen LogP contribution in [0.4, 0.5) is 0 Å². The number of carbonyl (C=O) groups is 2. The Labute approximate surface area is 113 Å². The number of methoxy groups -OCH3 is 2. The molecule has 0 aromatic carbocycles. The maximum absolute atomic E-state index is 11.9. The van der Waals surface area contributed by atoms with Gasteiger partial charge in [0.05, 0.1) is 25.9 Å². The van der Waals surface area contributed by atoms with Crippen LogP contribution in [-0.2, 0) is 29.1 Å². The molecule has 8 heteroatoms. The lowest BCUT2D eigenvalue weighted by molar-refractivity contribution is -0.145. The Morgan fingerprint density at radius 2 is 1.79 bits per heavy atom. The summed E-state index contributed by atoms with van der Waals surface area (Å²) in [6, 6.07) is 0. The number of ether oxygens (including phenoxy) is 2. The van der Waals surface area contributed by atoms with Crippen LogP contribution in [0, 0.1) is 5.92 Å². The fraction of sp³-hybridized carbons (Fsp3) is 0.818. The molecular formula is C11H21NO6S. The summed E-state index contributed by atoms with van der Waals surface area (Å²) >= 11 is 0. The molecular weight excluding hydrogens is 274 g/mol. The van der Waals surface area contributed by atoms with Gasteiger partial charge in [-0.25, -0.2) is 12.7 Å². The number of hydrogen-bond acceptors (Lipinski definition) is 6. The molecule has 0 saturated carbocycles. The van der Waals surface area contributed by atoms with E-state index in [4.69, 9.17) is 0 Å². The minimum Gasteiger partial charge on any atom is -0.469 e. The van der Waals surface area contributed by atoms with Gasteiger partial charge in [-0.2, -0.15) is 0 Å². The standard InChI is InChI=1S/C11H21NO6S/c1-9(11(14)18-4)8-12(2)19(15,16)7-5-6-10(13)17-3/h9H,5-8H2,1-4H3. The molecule has 0 bridgehead atoms. The maximum Gasteiger partial charge on any atom is 0.309 e. The fourth-order valence-electron chi connectivity index (χ4n) is 1.43. The molecule has 0 radical (unpaired) electrons. The summed E-state index contributed by atoms with van der Waals surface area (Å²) in [6.45, 7) is 1.64. The van der Waals surface area contributed by atoms with Crippen LogP contribution < -0.4 is 0 Å². The molecule has 0 aliphatic heterocycles. The number of esters is 2. The molecule has 0 aromatic heterocycles. The van der Waals surface area contributed by atoms with E-state index in [9.17, 15) is 18.0 Å². The van der Waals surface area contributed by atoms with Crippen LogP contribution in [0.1, 0.15) is 19.8 Å². The Hall–Kier alpha value is -1.15. The zero-order valence-electron chi connectivity index (χ0n) is 11.7. The van der Waals surface area contributed by atoms with Crippen LogP contribution in [0.2, 0.25) is 0 Å². The zero-order chi connectivity index (χ0) is 15.1. The Balaban J connectivity index is 4.32. The maximum atomic E-state index is 11.9. The normalized spacial score (nSPS) is 13.1. The Morgan fingerprint density at radius 3 is 2.26 bits per heavy atom. The van der Waals surface area contributed by atoms with E-state index in [0.29, 0.717) is 0 Å². The minimum absolute atomic E-state index is 0.0488. The lowest BCUT2D eigenvalue weighted by Gasteiger charge is -2.19. The number of sulfonamides is 1. The Bertz CT molecular complexity index is 405. The first-order valence-corrected chi connectivity index (χ1v) is 7.44. The van der Waals surface area contributed by atoms with Gasteiger partial charge in [0.1, 0.15) is 0 Å². The number of carbonyl (C=O) groups excluding carboxylic acids is 2. The first kappa shape index (κ1) is 17.8. The quantitative estimate of drug-likeness (QED) is 0.586. The van der Waals surface area contributed by atoms with Crippen molar-refractivity contribution in [1.82, 2.24) is 4.31 Å². The molecule has 0 amide bonds. The largest absolute Gasteiger partial charge is 0.469 e. The van der Waals surface area contributed by atoms with Crippen molar-refractivity contribution >= 4 is 22.0 Å². The van der Waals surface area contributed by atoms with E-state index in [-0.39, 0.29) is 25.1 Å². The third kappa shape index (κ3) is 6.53. The molecule has 1 unspecified atom stereocenters. The zero-order valence-corrected chi connectivity index (χ0v) is 12.5. The molecule has 0 heterocycles. The van der Waals surface area contributed by atoms with Gasteiger partial charge < -0.3 is 9.47 Å². The van der Waals surface area contributed by atoms with Crippen LogP contribution in [0.5, 0.6) is 0 Å². The van der Waals surface area contributed by atoms with Gasteiger partial charge in [-0.05, 0) is 6.42 Å². The van der Waals surface area contributed by atoms with Crippen LogP contribution in [0.15, 0.2) is 0 Å². The third-order valence-corrected chi connectivity index (χ3v) is 4.52. The highest BCUT2D eigenvalue weighted by atomic mass is 32.2. The summed E-state index contributed by atoms with van der Waals surface area (Å²) in [4.78, 5) is 22.1. The van der Waals surface area contributed by atoms with E-state index in [1.165, 1.54) is 21.3 Å². The molecule has 0 aliphatic rings. The predicted octanol–water partition coefficient (Wildman–Crippen LogP) is 0.0103. The van der Waals surface area contributed by atoms with Crippen LogP contribution in [0.25, 0.3) is 0 Å². The van der Waals surface area contributed by atoms with Crippen molar-refractivity contribution in [3.63, 3.8) is 0 Å². The Kier molecular flexibility index (Phi) is 7.62. The fourth-order valence-corrected chi connectivity index (χ4v) is 2.70. The van der Waals surface area contributed by atoms with Crippen molar-refractivity contribution < 1.29 is 27.5 Å². The molecule has 0 aromatic rings. The highest BCUT2D eigenvalue weighted by Crippen LogP contribution is 2.08.